The Morgan fingerprint density at radius 1 is 1.26 bits per heavy atom. The van der Waals surface area contributed by atoms with Gasteiger partial charge in [0.05, 0.1) is 10.5 Å². The molecule has 1 saturated heterocycles. The van der Waals surface area contributed by atoms with Gasteiger partial charge in [0.15, 0.2) is 10.8 Å². The summed E-state index contributed by atoms with van der Waals surface area (Å²) in [7, 11) is -0.213. The van der Waals surface area contributed by atoms with Gasteiger partial charge in [0.2, 0.25) is 10.0 Å². The van der Waals surface area contributed by atoms with Crippen LogP contribution in [0, 0.1) is 5.92 Å². The molecule has 1 aliphatic heterocycles. The second-order valence-corrected chi connectivity index (χ2v) is 13.3. The molecule has 1 fully saturated rings. The van der Waals surface area contributed by atoms with Gasteiger partial charge < -0.3 is 21.0 Å². The van der Waals surface area contributed by atoms with Crippen LogP contribution in [0.3, 0.4) is 0 Å². The third kappa shape index (κ3) is 6.58. The normalized spacial score (nSPS) is 18.3. The summed E-state index contributed by atoms with van der Waals surface area (Å²) in [6.07, 6.45) is 5.50. The number of fused-ring (bicyclic) bond motifs is 1. The fourth-order valence-corrected chi connectivity index (χ4v) is 7.45. The van der Waals surface area contributed by atoms with Gasteiger partial charge in [-0.3, -0.25) is 9.59 Å². The molecule has 1 amide bonds. The number of ketones is 1. The first kappa shape index (κ1) is 31.4. The van der Waals surface area contributed by atoms with Crippen LogP contribution in [-0.4, -0.2) is 75.6 Å². The number of nitrogens with zero attached hydrogens (tertiary/aromatic N) is 4. The van der Waals surface area contributed by atoms with E-state index in [2.05, 4.69) is 20.1 Å². The van der Waals surface area contributed by atoms with Crippen LogP contribution in [0.15, 0.2) is 51.9 Å². The number of carbonyl (C=O) groups excluding carboxylic acids is 2. The highest BCUT2D eigenvalue weighted by atomic mass is 32.2. The van der Waals surface area contributed by atoms with Gasteiger partial charge in [-0.05, 0) is 36.8 Å². The number of nitrogens with two attached hydrogens (primary N) is 1. The number of nitrogens with one attached hydrogen (secondary N) is 2. The van der Waals surface area contributed by atoms with Gasteiger partial charge >= 0.3 is 0 Å². The highest BCUT2D eigenvalue weighted by molar-refractivity contribution is 7.89. The Kier molecular flexibility index (Phi) is 10.2. The van der Waals surface area contributed by atoms with Crippen molar-refractivity contribution in [3.05, 3.63) is 52.5 Å². The van der Waals surface area contributed by atoms with E-state index >= 15 is 0 Å². The monoisotopic (exact) mass is 613 g/mol. The van der Waals surface area contributed by atoms with Crippen LogP contribution >= 0.6 is 11.3 Å². The molecule has 0 bridgehead atoms. The van der Waals surface area contributed by atoms with Gasteiger partial charge in [0, 0.05) is 67.8 Å². The summed E-state index contributed by atoms with van der Waals surface area (Å²) in [6.45, 7) is 4.35. The number of likely N-dealkylation sites (tertiary alicyclic amines) is 1. The predicted molar refractivity (Wildman–Crippen MR) is 168 cm³/mol. The molecule has 226 valence electrons. The summed E-state index contributed by atoms with van der Waals surface area (Å²) < 4.78 is 29.9. The lowest BCUT2D eigenvalue weighted by Gasteiger charge is -2.42. The zero-order chi connectivity index (χ0) is 30.4. The highest BCUT2D eigenvalue weighted by Gasteiger charge is 2.40. The highest BCUT2D eigenvalue weighted by Crippen LogP contribution is 2.35. The summed E-state index contributed by atoms with van der Waals surface area (Å²) in [5, 5.41) is 10.1. The molecular formula is C29H39N7O4S2. The Morgan fingerprint density at radius 3 is 2.71 bits per heavy atom. The van der Waals surface area contributed by atoms with Gasteiger partial charge in [-0.25, -0.2) is 18.1 Å². The first-order chi connectivity index (χ1) is 20.1. The average Bonchev–Trinajstić information content (AvgIpc) is 3.53. The third-order valence-corrected chi connectivity index (χ3v) is 10.0. The molecule has 4 N–H and O–H groups in total. The lowest BCUT2D eigenvalue weighted by Crippen LogP contribution is -2.54. The molecule has 3 unspecified atom stereocenters. The van der Waals surface area contributed by atoms with Gasteiger partial charge in [0.1, 0.15) is 6.34 Å². The molecule has 0 aliphatic carbocycles. The number of rotatable bonds is 12. The molecule has 42 heavy (non-hydrogen) atoms. The van der Waals surface area contributed by atoms with E-state index in [0.29, 0.717) is 36.2 Å². The number of hydrazone groups is 1. The van der Waals surface area contributed by atoms with Crippen LogP contribution in [-0.2, 0) is 10.0 Å². The van der Waals surface area contributed by atoms with Crippen LogP contribution in [0.5, 0.6) is 0 Å². The lowest BCUT2D eigenvalue weighted by molar-refractivity contribution is 0.0470. The van der Waals surface area contributed by atoms with Crippen molar-refractivity contribution in [1.29, 1.82) is 0 Å². The minimum absolute atomic E-state index is 0.0693. The topological polar surface area (TPSA) is 150 Å². The number of Topliss-reactive ketones (excluding diaryl/α,β-unsaturated/α-hetero) is 1. The molecule has 1 aromatic heterocycles. The molecule has 0 saturated carbocycles. The molecular weight excluding hydrogens is 574 g/mol. The van der Waals surface area contributed by atoms with Gasteiger partial charge in [-0.1, -0.05) is 38.5 Å². The van der Waals surface area contributed by atoms with E-state index in [1.165, 1.54) is 23.7 Å². The molecule has 1 aliphatic rings. The van der Waals surface area contributed by atoms with E-state index in [9.17, 15) is 18.0 Å². The van der Waals surface area contributed by atoms with Crippen molar-refractivity contribution in [3.63, 3.8) is 0 Å². The molecule has 13 heteroatoms. The van der Waals surface area contributed by atoms with Gasteiger partial charge in [0.25, 0.3) is 5.91 Å². The Labute approximate surface area is 251 Å². The number of anilines is 1. The summed E-state index contributed by atoms with van der Waals surface area (Å²) in [5.74, 6) is 4.13. The smallest absolute Gasteiger partial charge is 0.256 e. The molecule has 4 rings (SSSR count). The first-order valence-electron chi connectivity index (χ1n) is 14.1. The van der Waals surface area contributed by atoms with Crippen molar-refractivity contribution in [3.8, 4) is 0 Å². The Bertz CT molecular complexity index is 1540. The standard InChI is InChI=1S/C29H39N7O4S2/c1-5-6-13-34-42(39,40)25-11-10-21-22(8-7-9-23(21)35(3)4)26(25)29(38)36-15-12-20(32-18-33-30)17-24(36)19(2)27(37)28-31-14-16-41-28/h7-11,14,16,18-20,24,34H,5-6,12-13,15,17,30H2,1-4H3,(H,32,33). The molecule has 3 aromatic rings. The maximum absolute atomic E-state index is 14.7. The number of carbonyl (C=O) groups is 2. The van der Waals surface area contributed by atoms with Crippen molar-refractivity contribution < 1.29 is 18.0 Å². The second kappa shape index (κ2) is 13.6. The third-order valence-electron chi connectivity index (χ3n) is 7.73. The number of sulfonamides is 1. The predicted octanol–water partition coefficient (Wildman–Crippen LogP) is 3.42. The summed E-state index contributed by atoms with van der Waals surface area (Å²) in [4.78, 5) is 35.9. The van der Waals surface area contributed by atoms with Crippen molar-refractivity contribution in [2.75, 3.05) is 32.1 Å². The molecule has 2 heterocycles. The van der Waals surface area contributed by atoms with Crippen molar-refractivity contribution in [2.24, 2.45) is 16.9 Å². The van der Waals surface area contributed by atoms with Crippen molar-refractivity contribution in [2.45, 2.75) is 56.5 Å². The Hall–Kier alpha value is -3.55. The zero-order valence-corrected chi connectivity index (χ0v) is 26.0. The quantitative estimate of drug-likeness (QED) is 0.0702. The van der Waals surface area contributed by atoms with Crippen LogP contribution in [0.4, 0.5) is 5.69 Å². The number of hydrogen-bond acceptors (Lipinski definition) is 9. The fourth-order valence-electron chi connectivity index (χ4n) is 5.50. The maximum atomic E-state index is 14.7. The summed E-state index contributed by atoms with van der Waals surface area (Å²) >= 11 is 1.26. The molecule has 3 atom stereocenters. The van der Waals surface area contributed by atoms with E-state index in [0.717, 1.165) is 17.5 Å². The summed E-state index contributed by atoms with van der Waals surface area (Å²) in [6, 6.07) is 8.20. The largest absolute Gasteiger partial charge is 0.377 e. The Balaban J connectivity index is 1.85. The van der Waals surface area contributed by atoms with E-state index < -0.39 is 27.9 Å². The summed E-state index contributed by atoms with van der Waals surface area (Å²) in [5.41, 5.74) is 0.964. The van der Waals surface area contributed by atoms with Crippen molar-refractivity contribution >= 4 is 55.8 Å². The number of amides is 1. The number of thiazole rings is 1. The van der Waals surface area contributed by atoms with Crippen LogP contribution < -0.4 is 20.8 Å². The van der Waals surface area contributed by atoms with E-state index in [-0.39, 0.29) is 28.8 Å². The SMILES string of the molecule is CCCCNS(=O)(=O)c1ccc2c(N(C)C)cccc2c1C(=O)N1CCC(NC=NN)CC1C(C)C(=O)c1nccs1. The average molecular weight is 614 g/mol. The van der Waals surface area contributed by atoms with E-state index in [4.69, 9.17) is 5.84 Å². The minimum atomic E-state index is -4.01. The first-order valence-corrected chi connectivity index (χ1v) is 16.4. The maximum Gasteiger partial charge on any atom is 0.256 e. The number of piperidine rings is 1. The van der Waals surface area contributed by atoms with Gasteiger partial charge in [-0.15, -0.1) is 11.3 Å². The van der Waals surface area contributed by atoms with E-state index in [1.54, 1.807) is 35.5 Å². The molecule has 11 nitrogen and oxygen atoms in total. The van der Waals surface area contributed by atoms with Crippen LogP contribution in [0.25, 0.3) is 10.8 Å². The molecule has 0 spiro atoms. The zero-order valence-electron chi connectivity index (χ0n) is 24.4. The second-order valence-electron chi connectivity index (χ2n) is 10.7. The number of benzene rings is 2. The molecule has 0 radical (unpaired) electrons. The van der Waals surface area contributed by atoms with Crippen molar-refractivity contribution in [1.82, 2.24) is 19.9 Å². The number of hydrogen-bond donors (Lipinski definition) is 3. The fraction of sp³-hybridized carbons (Fsp3) is 0.448. The molecule has 2 aromatic carbocycles. The van der Waals surface area contributed by atoms with Gasteiger partial charge in [-0.2, -0.15) is 5.10 Å². The minimum Gasteiger partial charge on any atom is -0.377 e. The number of unbranched alkanes of at least 4 members (excludes halogenated alkanes) is 1. The number of aromatic nitrogens is 1. The van der Waals surface area contributed by atoms with E-state index in [1.807, 2.05) is 38.1 Å². The van der Waals surface area contributed by atoms with Crippen LogP contribution in [0.2, 0.25) is 0 Å². The Morgan fingerprint density at radius 2 is 2.05 bits per heavy atom. The van der Waals surface area contributed by atoms with Crippen LogP contribution in [0.1, 0.15) is 59.7 Å². The lowest BCUT2D eigenvalue weighted by atomic mass is 9.85.